The van der Waals surface area contributed by atoms with Gasteiger partial charge in [0, 0.05) is 16.8 Å². The Labute approximate surface area is 109 Å². The molecular formula is C12H11ClN4O. The van der Waals surface area contributed by atoms with E-state index in [9.17, 15) is 4.79 Å². The summed E-state index contributed by atoms with van der Waals surface area (Å²) in [7, 11) is 0. The first kappa shape index (κ1) is 12.3. The molecule has 0 amide bonds. The second-order valence-electron chi connectivity index (χ2n) is 3.66. The molecule has 0 saturated carbocycles. The lowest BCUT2D eigenvalue weighted by Crippen LogP contribution is -2.10. The van der Waals surface area contributed by atoms with E-state index in [-0.39, 0.29) is 5.56 Å². The maximum absolute atomic E-state index is 11.2. The Morgan fingerprint density at radius 2 is 2.28 bits per heavy atom. The molecule has 18 heavy (non-hydrogen) atoms. The van der Waals surface area contributed by atoms with Crippen LogP contribution in [0.4, 0.5) is 5.95 Å². The van der Waals surface area contributed by atoms with Gasteiger partial charge in [-0.25, -0.2) is 10.4 Å². The Bertz CT molecular complexity index is 636. The number of halogens is 1. The number of anilines is 1. The van der Waals surface area contributed by atoms with Crippen LogP contribution in [0.2, 0.25) is 5.02 Å². The van der Waals surface area contributed by atoms with Gasteiger partial charge in [0.15, 0.2) is 0 Å². The van der Waals surface area contributed by atoms with Crippen LogP contribution in [0.3, 0.4) is 0 Å². The zero-order valence-electron chi connectivity index (χ0n) is 9.64. The number of hydrogen-bond acceptors (Lipinski definition) is 4. The first-order valence-corrected chi connectivity index (χ1v) is 5.64. The van der Waals surface area contributed by atoms with Crippen LogP contribution in [0.5, 0.6) is 0 Å². The Hall–Kier alpha value is -2.14. The fourth-order valence-corrected chi connectivity index (χ4v) is 1.59. The summed E-state index contributed by atoms with van der Waals surface area (Å²) in [5.74, 6) is 0.304. The van der Waals surface area contributed by atoms with Gasteiger partial charge < -0.3 is 0 Å². The van der Waals surface area contributed by atoms with Crippen molar-refractivity contribution in [2.24, 2.45) is 5.10 Å². The average molecular weight is 263 g/mol. The molecule has 6 heteroatoms. The minimum Gasteiger partial charge on any atom is -0.291 e. The Kier molecular flexibility index (Phi) is 3.74. The third-order valence-electron chi connectivity index (χ3n) is 2.10. The van der Waals surface area contributed by atoms with Crippen molar-refractivity contribution in [3.8, 4) is 0 Å². The van der Waals surface area contributed by atoms with Crippen molar-refractivity contribution in [3.05, 3.63) is 57.0 Å². The zero-order chi connectivity index (χ0) is 13.0. The van der Waals surface area contributed by atoms with E-state index < -0.39 is 0 Å². The lowest BCUT2D eigenvalue weighted by molar-refractivity contribution is 1.04. The molecule has 5 nitrogen and oxygen atoms in total. The van der Waals surface area contributed by atoms with Gasteiger partial charge in [0.25, 0.3) is 5.56 Å². The molecule has 1 aromatic heterocycles. The van der Waals surface area contributed by atoms with E-state index in [1.165, 1.54) is 6.07 Å². The summed E-state index contributed by atoms with van der Waals surface area (Å²) in [6.07, 6.45) is 1.59. The van der Waals surface area contributed by atoms with Crippen molar-refractivity contribution in [2.75, 3.05) is 5.43 Å². The van der Waals surface area contributed by atoms with E-state index in [2.05, 4.69) is 20.5 Å². The summed E-state index contributed by atoms with van der Waals surface area (Å²) in [4.78, 5) is 17.8. The van der Waals surface area contributed by atoms with Crippen LogP contribution in [0, 0.1) is 6.92 Å². The minimum absolute atomic E-state index is 0.219. The van der Waals surface area contributed by atoms with Crippen molar-refractivity contribution < 1.29 is 0 Å². The summed E-state index contributed by atoms with van der Waals surface area (Å²) < 4.78 is 0. The fourth-order valence-electron chi connectivity index (χ4n) is 1.39. The highest BCUT2D eigenvalue weighted by Gasteiger charge is 1.95. The summed E-state index contributed by atoms with van der Waals surface area (Å²) in [6.45, 7) is 1.74. The van der Waals surface area contributed by atoms with Crippen LogP contribution in [0.1, 0.15) is 11.3 Å². The Morgan fingerprint density at radius 1 is 1.44 bits per heavy atom. The number of aromatic nitrogens is 2. The van der Waals surface area contributed by atoms with Gasteiger partial charge in [0.05, 0.1) is 6.21 Å². The molecule has 0 unspecified atom stereocenters. The zero-order valence-corrected chi connectivity index (χ0v) is 10.4. The number of nitrogens with one attached hydrogen (secondary N) is 2. The monoisotopic (exact) mass is 262 g/mol. The molecular weight excluding hydrogens is 252 g/mol. The smallest absolute Gasteiger partial charge is 0.252 e. The Balaban J connectivity index is 2.09. The molecule has 0 atom stereocenters. The summed E-state index contributed by atoms with van der Waals surface area (Å²) >= 11 is 5.84. The first-order chi connectivity index (χ1) is 8.63. The highest BCUT2D eigenvalue weighted by Crippen LogP contribution is 2.08. The average Bonchev–Trinajstić information content (AvgIpc) is 2.27. The second-order valence-corrected chi connectivity index (χ2v) is 4.10. The van der Waals surface area contributed by atoms with E-state index >= 15 is 0 Å². The number of aromatic amines is 1. The molecule has 0 aliphatic rings. The van der Waals surface area contributed by atoms with Gasteiger partial charge in [-0.1, -0.05) is 23.7 Å². The minimum atomic E-state index is -0.219. The second kappa shape index (κ2) is 5.46. The lowest BCUT2D eigenvalue weighted by Gasteiger charge is -1.99. The van der Waals surface area contributed by atoms with Gasteiger partial charge in [-0.3, -0.25) is 9.78 Å². The number of benzene rings is 1. The normalized spacial score (nSPS) is 10.8. The van der Waals surface area contributed by atoms with E-state index in [4.69, 9.17) is 11.6 Å². The van der Waals surface area contributed by atoms with Crippen molar-refractivity contribution in [1.82, 2.24) is 9.97 Å². The summed E-state index contributed by atoms with van der Waals surface area (Å²) in [5.41, 5.74) is 3.91. The van der Waals surface area contributed by atoms with E-state index in [1.54, 1.807) is 25.3 Å². The summed E-state index contributed by atoms with van der Waals surface area (Å²) in [5, 5.41) is 4.61. The largest absolute Gasteiger partial charge is 0.291 e. The van der Waals surface area contributed by atoms with Crippen LogP contribution in [0.25, 0.3) is 0 Å². The van der Waals surface area contributed by atoms with Crippen molar-refractivity contribution >= 4 is 23.8 Å². The van der Waals surface area contributed by atoms with E-state index in [0.717, 1.165) is 5.56 Å². The molecule has 0 aliphatic carbocycles. The third kappa shape index (κ3) is 3.43. The number of H-pyrrole nitrogens is 1. The van der Waals surface area contributed by atoms with Gasteiger partial charge in [-0.15, -0.1) is 0 Å². The number of nitrogens with zero attached hydrogens (tertiary/aromatic N) is 2. The number of hydrogen-bond donors (Lipinski definition) is 2. The lowest BCUT2D eigenvalue weighted by atomic mass is 10.2. The molecule has 1 aromatic carbocycles. The van der Waals surface area contributed by atoms with Gasteiger partial charge in [0.2, 0.25) is 5.95 Å². The first-order valence-electron chi connectivity index (χ1n) is 5.26. The van der Waals surface area contributed by atoms with Crippen LogP contribution in [0.15, 0.2) is 40.2 Å². The molecule has 0 bridgehead atoms. The molecule has 0 aliphatic heterocycles. The van der Waals surface area contributed by atoms with Gasteiger partial charge in [0.1, 0.15) is 0 Å². The molecule has 0 fully saturated rings. The Morgan fingerprint density at radius 3 is 3.00 bits per heavy atom. The molecule has 1 heterocycles. The van der Waals surface area contributed by atoms with Crippen molar-refractivity contribution in [3.63, 3.8) is 0 Å². The molecule has 92 valence electrons. The molecule has 2 N–H and O–H groups in total. The summed E-state index contributed by atoms with van der Waals surface area (Å²) in [6, 6.07) is 8.66. The quantitative estimate of drug-likeness (QED) is 0.658. The maximum Gasteiger partial charge on any atom is 0.252 e. The van der Waals surface area contributed by atoms with Crippen molar-refractivity contribution in [2.45, 2.75) is 6.92 Å². The standard InChI is InChI=1S/C12H11ClN4O/c1-8-5-11(18)16-12(15-8)17-14-7-9-3-2-4-10(13)6-9/h2-7H,1H3,(H2,15,16,17,18)/b14-7+. The predicted molar refractivity (Wildman–Crippen MR) is 72.3 cm³/mol. The third-order valence-corrected chi connectivity index (χ3v) is 2.34. The fraction of sp³-hybridized carbons (Fsp3) is 0.0833. The SMILES string of the molecule is Cc1cc(=O)[nH]c(N/N=C/c2cccc(Cl)c2)n1. The van der Waals surface area contributed by atoms with E-state index in [0.29, 0.717) is 16.7 Å². The number of rotatable bonds is 3. The number of aryl methyl sites for hydroxylation is 1. The van der Waals surface area contributed by atoms with Crippen LogP contribution in [-0.4, -0.2) is 16.2 Å². The topological polar surface area (TPSA) is 70.1 Å². The molecule has 0 saturated heterocycles. The highest BCUT2D eigenvalue weighted by molar-refractivity contribution is 6.30. The molecule has 2 rings (SSSR count). The van der Waals surface area contributed by atoms with Crippen LogP contribution >= 0.6 is 11.6 Å². The van der Waals surface area contributed by atoms with Gasteiger partial charge in [-0.05, 0) is 24.6 Å². The molecule has 0 radical (unpaired) electrons. The predicted octanol–water partition coefficient (Wildman–Crippen LogP) is 2.18. The van der Waals surface area contributed by atoms with Gasteiger partial charge in [-0.2, -0.15) is 5.10 Å². The van der Waals surface area contributed by atoms with Crippen LogP contribution in [-0.2, 0) is 0 Å². The van der Waals surface area contributed by atoms with E-state index in [1.807, 2.05) is 12.1 Å². The van der Waals surface area contributed by atoms with Crippen molar-refractivity contribution in [1.29, 1.82) is 0 Å². The maximum atomic E-state index is 11.2. The highest BCUT2D eigenvalue weighted by atomic mass is 35.5. The molecule has 2 aromatic rings. The number of hydrazone groups is 1. The van der Waals surface area contributed by atoms with Gasteiger partial charge >= 0.3 is 0 Å². The van der Waals surface area contributed by atoms with Crippen LogP contribution < -0.4 is 11.0 Å². The molecule has 0 spiro atoms.